The molecule has 2 heterocycles. The van der Waals surface area contributed by atoms with Crippen molar-refractivity contribution < 1.29 is 20.4 Å². The maximum Gasteiger partial charge on any atom is 3.00 e. The third kappa shape index (κ3) is 20.9. The van der Waals surface area contributed by atoms with Gasteiger partial charge in [0, 0.05) is 22.8 Å². The first-order valence-corrected chi connectivity index (χ1v) is 22.5. The molecule has 0 amide bonds. The summed E-state index contributed by atoms with van der Waals surface area (Å²) < 4.78 is 0. The first-order chi connectivity index (χ1) is 31.5. The molecule has 0 aliphatic carbocycles. The van der Waals surface area contributed by atoms with Gasteiger partial charge in [0.1, 0.15) is 0 Å². The first kappa shape index (κ1) is 62.5. The Morgan fingerprint density at radius 1 is 0.300 bits per heavy atom. The zero-order chi connectivity index (χ0) is 47.5. The van der Waals surface area contributed by atoms with E-state index in [0.29, 0.717) is 46.5 Å². The summed E-state index contributed by atoms with van der Waals surface area (Å²) in [6, 6.07) is 69.3. The van der Waals surface area contributed by atoms with Crippen LogP contribution in [-0.2, 0) is 36.9 Å². The predicted octanol–water partition coefficient (Wildman–Crippen LogP) is 9.35. The largest absolute Gasteiger partial charge is 3.00 e. The molecular formula is C62H68Al2N2O4. The van der Waals surface area contributed by atoms with Gasteiger partial charge in [-0.3, -0.25) is 9.97 Å². The molecule has 0 bridgehead atoms. The van der Waals surface area contributed by atoms with Gasteiger partial charge in [0.25, 0.3) is 0 Å². The number of aromatic nitrogens is 2. The van der Waals surface area contributed by atoms with Crippen LogP contribution in [0.1, 0.15) is 83.9 Å². The van der Waals surface area contributed by atoms with E-state index in [1.54, 1.807) is 27.7 Å². The number of hydrogen-bond acceptors (Lipinski definition) is 6. The van der Waals surface area contributed by atoms with Crippen molar-refractivity contribution in [2.45, 2.75) is 89.6 Å². The first-order valence-electron chi connectivity index (χ1n) is 22.5. The van der Waals surface area contributed by atoms with Gasteiger partial charge in [0.05, 0.1) is 0 Å². The monoisotopic (exact) mass is 958 g/mol. The molecule has 356 valence electrons. The number of benzene rings is 6. The van der Waals surface area contributed by atoms with Crippen LogP contribution in [0.25, 0.3) is 0 Å². The van der Waals surface area contributed by atoms with Gasteiger partial charge < -0.3 is 35.3 Å². The molecule has 70 heavy (non-hydrogen) atoms. The number of rotatable bonds is 12. The average molecular weight is 959 g/mol. The van der Waals surface area contributed by atoms with Crippen LogP contribution in [0.2, 0.25) is 0 Å². The Morgan fingerprint density at radius 2 is 0.500 bits per heavy atom. The third-order valence-corrected chi connectivity index (χ3v) is 10.6. The fourth-order valence-corrected chi connectivity index (χ4v) is 7.47. The summed E-state index contributed by atoms with van der Waals surface area (Å²) in [6.45, 7) is 10.8. The Hall–Kier alpha value is -5.48. The second-order valence-corrected chi connectivity index (χ2v) is 17.9. The van der Waals surface area contributed by atoms with Gasteiger partial charge in [0.15, 0.2) is 0 Å². The molecular weight excluding hydrogens is 891 g/mol. The summed E-state index contributed by atoms with van der Waals surface area (Å²) in [7, 11) is 0. The van der Waals surface area contributed by atoms with Crippen LogP contribution < -0.4 is 20.4 Å². The molecule has 0 saturated heterocycles. The van der Waals surface area contributed by atoms with E-state index >= 15 is 0 Å². The summed E-state index contributed by atoms with van der Waals surface area (Å²) in [6.07, 6.45) is 1.13. The Labute approximate surface area is 441 Å². The molecule has 0 spiro atoms. The Balaban J connectivity index is 0.000000523. The number of pyridine rings is 2. The minimum atomic E-state index is -1.43. The fourth-order valence-electron chi connectivity index (χ4n) is 7.47. The summed E-state index contributed by atoms with van der Waals surface area (Å²) in [4.78, 5) is 9.19. The SMILES string of the molecule is CC(C)([O-])Cc1cccc(CC([O-])(c2ccccc2)c2ccccc2)n1.CC(C)([O-])Cc1cccc(CC([O-])(c2ccccc2)c2ccccc2)n1.Cc1ccccc1.Cc1ccccc1.[Al+3].[Al+3].[CH3-].[CH3-]. The number of aryl methyl sites for hydroxylation is 2. The molecule has 0 fully saturated rings. The van der Waals surface area contributed by atoms with Crippen LogP contribution in [0.4, 0.5) is 0 Å². The summed E-state index contributed by atoms with van der Waals surface area (Å²) >= 11 is 0. The molecule has 0 aliphatic rings. The molecule has 8 heteroatoms. The van der Waals surface area contributed by atoms with E-state index in [2.05, 4.69) is 48.1 Å². The average Bonchev–Trinajstić information content (AvgIpc) is 3.30. The van der Waals surface area contributed by atoms with Crippen molar-refractivity contribution in [1.29, 1.82) is 0 Å². The summed E-state index contributed by atoms with van der Waals surface area (Å²) in [5.74, 6) is 0. The second kappa shape index (κ2) is 30.3. The van der Waals surface area contributed by atoms with Crippen LogP contribution >= 0.6 is 0 Å². The number of nitrogens with zero attached hydrogens (tertiary/aromatic N) is 2. The summed E-state index contributed by atoms with van der Waals surface area (Å²) in [5.41, 5.74) is 3.32. The third-order valence-electron chi connectivity index (χ3n) is 10.6. The quantitative estimate of drug-likeness (QED) is 0.0891. The second-order valence-electron chi connectivity index (χ2n) is 17.9. The zero-order valence-electron chi connectivity index (χ0n) is 42.3. The minimum Gasteiger partial charge on any atom is -0.850 e. The maximum atomic E-state index is 14.0. The van der Waals surface area contributed by atoms with E-state index in [1.165, 1.54) is 11.1 Å². The summed E-state index contributed by atoms with van der Waals surface area (Å²) in [5, 5.41) is 52.0. The van der Waals surface area contributed by atoms with Crippen molar-refractivity contribution >= 4 is 34.7 Å². The van der Waals surface area contributed by atoms with E-state index < -0.39 is 22.4 Å². The van der Waals surface area contributed by atoms with Gasteiger partial charge >= 0.3 is 34.7 Å². The molecule has 0 aliphatic heterocycles. The smallest absolute Gasteiger partial charge is 0.850 e. The van der Waals surface area contributed by atoms with Gasteiger partial charge in [-0.15, -0.1) is 11.2 Å². The molecule has 0 N–H and O–H groups in total. The standard InChI is InChI=1S/2C23H23NO2.2C7H8.2CH3.2Al/c2*1-22(2,25)16-20-14-9-15-21(24-20)17-23(26,18-10-5-3-6-11-18)19-12-7-4-8-13-19;2*1-7-5-3-2-4-6-7;;;;/h2*3-15H,16-17H2,1-2H3;2*2-6H,1H3;2*1H3;;/q2*-2;;;2*-1;2*+3. The topological polar surface area (TPSA) is 118 Å². The molecule has 8 aromatic rings. The van der Waals surface area contributed by atoms with Crippen LogP contribution in [0.5, 0.6) is 0 Å². The molecule has 6 aromatic carbocycles. The Bertz CT molecular complexity index is 2330. The zero-order valence-corrected chi connectivity index (χ0v) is 44.6. The van der Waals surface area contributed by atoms with Crippen molar-refractivity contribution in [2.24, 2.45) is 0 Å². The Kier molecular flexibility index (Phi) is 27.1. The van der Waals surface area contributed by atoms with Crippen molar-refractivity contribution in [1.82, 2.24) is 9.97 Å². The van der Waals surface area contributed by atoms with Crippen LogP contribution in [0, 0.1) is 28.7 Å². The van der Waals surface area contributed by atoms with Crippen LogP contribution in [0.3, 0.4) is 0 Å². The van der Waals surface area contributed by atoms with Crippen LogP contribution in [0.15, 0.2) is 218 Å². The molecule has 8 rings (SSSR count). The Morgan fingerprint density at radius 3 is 0.686 bits per heavy atom. The molecule has 0 unspecified atom stereocenters. The van der Waals surface area contributed by atoms with E-state index in [0.717, 1.165) is 11.4 Å². The molecule has 6 nitrogen and oxygen atoms in total. The fraction of sp³-hybridized carbons (Fsp3) is 0.226. The predicted molar refractivity (Wildman–Crippen MR) is 285 cm³/mol. The van der Waals surface area contributed by atoms with Crippen molar-refractivity contribution in [2.75, 3.05) is 0 Å². The maximum absolute atomic E-state index is 14.0. The van der Waals surface area contributed by atoms with Gasteiger partial charge in [-0.25, -0.2) is 0 Å². The van der Waals surface area contributed by atoms with E-state index in [4.69, 9.17) is 0 Å². The van der Waals surface area contributed by atoms with Crippen molar-refractivity contribution in [3.05, 3.63) is 289 Å². The van der Waals surface area contributed by atoms with E-state index in [1.807, 2.05) is 194 Å². The van der Waals surface area contributed by atoms with E-state index in [-0.39, 0.29) is 62.4 Å². The normalized spacial score (nSPS) is 10.8. The van der Waals surface area contributed by atoms with Crippen LogP contribution in [-0.4, -0.2) is 55.9 Å². The van der Waals surface area contributed by atoms with Gasteiger partial charge in [0.2, 0.25) is 0 Å². The van der Waals surface area contributed by atoms with Crippen molar-refractivity contribution in [3.63, 3.8) is 0 Å². The van der Waals surface area contributed by atoms with E-state index in [9.17, 15) is 20.4 Å². The van der Waals surface area contributed by atoms with Gasteiger partial charge in [-0.2, -0.15) is 0 Å². The molecule has 0 radical (unpaired) electrons. The van der Waals surface area contributed by atoms with Gasteiger partial charge in [-0.1, -0.05) is 266 Å². The molecule has 2 aromatic heterocycles. The minimum absolute atomic E-state index is 0. The molecule has 0 saturated carbocycles. The van der Waals surface area contributed by atoms with Gasteiger partial charge in [-0.05, 0) is 63.8 Å². The number of hydrogen-bond donors (Lipinski definition) is 0. The van der Waals surface area contributed by atoms with Crippen molar-refractivity contribution in [3.8, 4) is 0 Å². The molecule has 0 atom stereocenters.